The molecule has 3 atom stereocenters. The summed E-state index contributed by atoms with van der Waals surface area (Å²) in [5, 5.41) is 25.9. The Morgan fingerprint density at radius 1 is 1.00 bits per heavy atom. The number of rotatable bonds is 9. The SMILES string of the molecule is COC(=O)C1=C(C)NC(C)C(CCN2CCC(c3ccccc3)(c3ccccc3)CC2)(C(=O)O)C1c1cccc([N+](=O)[O-])c1.Cl. The van der Waals surface area contributed by atoms with E-state index in [0.717, 1.165) is 25.9 Å². The highest BCUT2D eigenvalue weighted by Crippen LogP contribution is 2.51. The number of esters is 1. The Morgan fingerprint density at radius 2 is 1.58 bits per heavy atom. The summed E-state index contributed by atoms with van der Waals surface area (Å²) in [7, 11) is 1.26. The lowest BCUT2D eigenvalue weighted by Crippen LogP contribution is -2.58. The van der Waals surface area contributed by atoms with Gasteiger partial charge >= 0.3 is 11.9 Å². The van der Waals surface area contributed by atoms with Gasteiger partial charge in [-0.3, -0.25) is 14.9 Å². The number of aliphatic carboxylic acids is 1. The van der Waals surface area contributed by atoms with Crippen molar-refractivity contribution >= 4 is 30.0 Å². The minimum Gasteiger partial charge on any atom is -0.481 e. The molecule has 0 aromatic heterocycles. The monoisotopic (exact) mass is 633 g/mol. The summed E-state index contributed by atoms with van der Waals surface area (Å²) in [5.41, 5.74) is 1.84. The van der Waals surface area contributed by atoms with Crippen molar-refractivity contribution < 1.29 is 24.4 Å². The number of likely N-dealkylation sites (tertiary alicyclic amines) is 1. The van der Waals surface area contributed by atoms with Gasteiger partial charge < -0.3 is 20.1 Å². The molecule has 3 aromatic rings. The van der Waals surface area contributed by atoms with E-state index in [1.54, 1.807) is 13.0 Å². The van der Waals surface area contributed by atoms with Crippen molar-refractivity contribution in [1.82, 2.24) is 10.2 Å². The molecule has 0 radical (unpaired) electrons. The van der Waals surface area contributed by atoms with E-state index >= 15 is 0 Å². The second kappa shape index (κ2) is 13.8. The van der Waals surface area contributed by atoms with E-state index in [0.29, 0.717) is 17.8 Å². The molecular formula is C35H40ClN3O6. The smallest absolute Gasteiger partial charge is 0.336 e. The molecule has 1 saturated heterocycles. The molecule has 45 heavy (non-hydrogen) atoms. The standard InChI is InChI=1S/C35H39N3O6.ClH/c1-24-30(32(39)44-3)31(26-11-10-16-29(23-26)38(42)43)35(33(40)41,25(2)36-24)19-22-37-20-17-34(18-21-37,27-12-6-4-7-13-27)28-14-8-5-9-15-28;/h4-16,23,25,31,36H,17-22H2,1-3H3,(H,40,41);1H. The average molecular weight is 634 g/mol. The van der Waals surface area contributed by atoms with Gasteiger partial charge in [0.15, 0.2) is 0 Å². The van der Waals surface area contributed by atoms with Crippen molar-refractivity contribution in [3.05, 3.63) is 123 Å². The van der Waals surface area contributed by atoms with Crippen LogP contribution in [0.3, 0.4) is 0 Å². The molecule has 2 aliphatic rings. The molecule has 0 aliphatic carbocycles. The number of carboxylic acid groups (broad SMARTS) is 1. The van der Waals surface area contributed by atoms with Crippen LogP contribution in [0.4, 0.5) is 5.69 Å². The van der Waals surface area contributed by atoms with Gasteiger partial charge in [0.2, 0.25) is 0 Å². The Bertz CT molecular complexity index is 1510. The Balaban J connectivity index is 0.00000461. The minimum atomic E-state index is -1.48. The van der Waals surface area contributed by atoms with Gasteiger partial charge in [0.25, 0.3) is 5.69 Å². The molecule has 0 spiro atoms. The largest absolute Gasteiger partial charge is 0.481 e. The molecule has 5 rings (SSSR count). The summed E-state index contributed by atoms with van der Waals surface area (Å²) in [6.07, 6.45) is 1.96. The van der Waals surface area contributed by atoms with Gasteiger partial charge in [-0.25, -0.2) is 4.79 Å². The molecule has 1 fully saturated rings. The summed E-state index contributed by atoms with van der Waals surface area (Å²) in [5.74, 6) is -2.68. The van der Waals surface area contributed by atoms with Crippen molar-refractivity contribution in [3.8, 4) is 0 Å². The zero-order valence-electron chi connectivity index (χ0n) is 25.8. The maximum atomic E-state index is 13.4. The molecule has 0 amide bonds. The van der Waals surface area contributed by atoms with Crippen LogP contribution in [0.25, 0.3) is 0 Å². The highest BCUT2D eigenvalue weighted by atomic mass is 35.5. The molecule has 0 bridgehead atoms. The fourth-order valence-corrected chi connectivity index (χ4v) is 7.45. The van der Waals surface area contributed by atoms with E-state index < -0.39 is 34.2 Å². The van der Waals surface area contributed by atoms with E-state index in [1.165, 1.54) is 36.4 Å². The number of nitro groups is 1. The molecule has 9 nitrogen and oxygen atoms in total. The van der Waals surface area contributed by atoms with Gasteiger partial charge in [0.05, 0.1) is 23.0 Å². The number of carbonyl (C=O) groups excluding carboxylic acids is 1. The number of carboxylic acids is 1. The van der Waals surface area contributed by atoms with Crippen molar-refractivity contribution in [2.45, 2.75) is 50.5 Å². The molecule has 3 unspecified atom stereocenters. The first-order valence-electron chi connectivity index (χ1n) is 15.0. The molecule has 3 aromatic carbocycles. The first kappa shape index (κ1) is 33.7. The number of non-ortho nitro benzene ring substituents is 1. The van der Waals surface area contributed by atoms with Crippen LogP contribution in [-0.4, -0.2) is 59.7 Å². The Labute approximate surface area is 269 Å². The van der Waals surface area contributed by atoms with E-state index in [-0.39, 0.29) is 35.5 Å². The number of piperidine rings is 1. The number of ether oxygens (including phenoxy) is 1. The Hall–Kier alpha value is -4.21. The second-order valence-corrected chi connectivity index (χ2v) is 11.9. The van der Waals surface area contributed by atoms with E-state index in [9.17, 15) is 24.8 Å². The van der Waals surface area contributed by atoms with Crippen LogP contribution in [0.1, 0.15) is 55.7 Å². The first-order chi connectivity index (χ1) is 21.1. The molecular weight excluding hydrogens is 594 g/mol. The van der Waals surface area contributed by atoms with Gasteiger partial charge in [-0.05, 0) is 69.4 Å². The summed E-state index contributed by atoms with van der Waals surface area (Å²) in [4.78, 5) is 40.1. The van der Waals surface area contributed by atoms with Crippen LogP contribution in [0, 0.1) is 15.5 Å². The van der Waals surface area contributed by atoms with Gasteiger partial charge in [-0.1, -0.05) is 72.8 Å². The van der Waals surface area contributed by atoms with Crippen LogP contribution in [-0.2, 0) is 19.7 Å². The van der Waals surface area contributed by atoms with Crippen molar-refractivity contribution in [1.29, 1.82) is 0 Å². The van der Waals surface area contributed by atoms with Gasteiger partial charge in [0.1, 0.15) is 0 Å². The summed E-state index contributed by atoms with van der Waals surface area (Å²) in [6.45, 7) is 5.54. The number of halogens is 1. The van der Waals surface area contributed by atoms with Crippen LogP contribution in [0.15, 0.2) is 96.2 Å². The number of nitrogens with one attached hydrogen (secondary N) is 1. The third kappa shape index (κ3) is 6.19. The number of allylic oxidation sites excluding steroid dienone is 1. The second-order valence-electron chi connectivity index (χ2n) is 11.9. The minimum absolute atomic E-state index is 0. The fourth-order valence-electron chi connectivity index (χ4n) is 7.45. The summed E-state index contributed by atoms with van der Waals surface area (Å²) < 4.78 is 5.13. The third-order valence-electron chi connectivity index (χ3n) is 9.84. The summed E-state index contributed by atoms with van der Waals surface area (Å²) in [6, 6.07) is 26.5. The van der Waals surface area contributed by atoms with Crippen LogP contribution >= 0.6 is 12.4 Å². The molecule has 2 aliphatic heterocycles. The van der Waals surface area contributed by atoms with E-state index in [2.05, 4.69) is 58.7 Å². The van der Waals surface area contributed by atoms with Crippen LogP contribution in [0.5, 0.6) is 0 Å². The first-order valence-corrected chi connectivity index (χ1v) is 15.0. The fraction of sp³-hybridized carbons (Fsp3) is 0.371. The number of hydrogen-bond donors (Lipinski definition) is 2. The normalized spacial score (nSPS) is 22.9. The molecule has 10 heteroatoms. The van der Waals surface area contributed by atoms with E-state index in [4.69, 9.17) is 4.74 Å². The zero-order chi connectivity index (χ0) is 31.5. The summed E-state index contributed by atoms with van der Waals surface area (Å²) >= 11 is 0. The highest BCUT2D eigenvalue weighted by Gasteiger charge is 2.56. The maximum Gasteiger partial charge on any atom is 0.336 e. The third-order valence-corrected chi connectivity index (χ3v) is 9.84. The van der Waals surface area contributed by atoms with Crippen LogP contribution in [0.2, 0.25) is 0 Å². The van der Waals surface area contributed by atoms with Crippen molar-refractivity contribution in [2.24, 2.45) is 5.41 Å². The average Bonchev–Trinajstić information content (AvgIpc) is 3.04. The van der Waals surface area contributed by atoms with Gasteiger partial charge in [-0.2, -0.15) is 0 Å². The molecule has 2 N–H and O–H groups in total. The maximum absolute atomic E-state index is 13.4. The number of hydrogen-bond acceptors (Lipinski definition) is 7. The predicted octanol–water partition coefficient (Wildman–Crippen LogP) is 6.08. The van der Waals surface area contributed by atoms with Crippen LogP contribution < -0.4 is 5.32 Å². The molecule has 0 saturated carbocycles. The van der Waals surface area contributed by atoms with Crippen molar-refractivity contribution in [2.75, 3.05) is 26.7 Å². The zero-order valence-corrected chi connectivity index (χ0v) is 26.6. The number of methoxy groups -OCH3 is 1. The molecule has 238 valence electrons. The lowest BCUT2D eigenvalue weighted by atomic mass is 9.60. The van der Waals surface area contributed by atoms with Gasteiger partial charge in [0, 0.05) is 35.2 Å². The highest BCUT2D eigenvalue weighted by molar-refractivity contribution is 5.94. The topological polar surface area (TPSA) is 122 Å². The molecule has 2 heterocycles. The number of benzene rings is 3. The lowest BCUT2D eigenvalue weighted by molar-refractivity contribution is -0.384. The quantitative estimate of drug-likeness (QED) is 0.165. The predicted molar refractivity (Wildman–Crippen MR) is 174 cm³/mol. The Kier molecular flexibility index (Phi) is 10.4. The van der Waals surface area contributed by atoms with Crippen molar-refractivity contribution in [3.63, 3.8) is 0 Å². The number of nitro benzene ring substituents is 1. The lowest BCUT2D eigenvalue weighted by Gasteiger charge is -2.48. The number of nitrogens with zero attached hydrogens (tertiary/aromatic N) is 2. The van der Waals surface area contributed by atoms with Gasteiger partial charge in [-0.15, -0.1) is 12.4 Å². The number of carbonyl (C=O) groups is 2. The Morgan fingerprint density at radius 3 is 2.09 bits per heavy atom. The van der Waals surface area contributed by atoms with E-state index in [1.807, 2.05) is 19.1 Å².